The van der Waals surface area contributed by atoms with Crippen LogP contribution in [-0.2, 0) is 19.6 Å². The number of benzene rings is 2. The summed E-state index contributed by atoms with van der Waals surface area (Å²) in [7, 11) is -3.53. The van der Waals surface area contributed by atoms with Crippen LogP contribution in [0.2, 0.25) is 5.02 Å². The molecule has 2 aromatic carbocycles. The smallest absolute Gasteiger partial charge is 0.243 e. The number of carbonyl (C=O) groups excluding carboxylic acids is 1. The van der Waals surface area contributed by atoms with Gasteiger partial charge in [-0.15, -0.1) is 0 Å². The van der Waals surface area contributed by atoms with Crippen molar-refractivity contribution in [1.29, 1.82) is 0 Å². The maximum absolute atomic E-state index is 12.6. The number of nitrogens with one attached hydrogen (secondary N) is 1. The van der Waals surface area contributed by atoms with E-state index >= 15 is 0 Å². The van der Waals surface area contributed by atoms with Crippen molar-refractivity contribution in [2.75, 3.05) is 31.6 Å². The lowest BCUT2D eigenvalue weighted by molar-refractivity contribution is -0.117. The fourth-order valence-electron chi connectivity index (χ4n) is 3.44. The van der Waals surface area contributed by atoms with Gasteiger partial charge in [-0.1, -0.05) is 23.7 Å². The zero-order valence-corrected chi connectivity index (χ0v) is 16.7. The zero-order valence-electron chi connectivity index (χ0n) is 15.2. The molecule has 1 aliphatic carbocycles. The summed E-state index contributed by atoms with van der Waals surface area (Å²) in [5, 5.41) is 3.56. The van der Waals surface area contributed by atoms with Gasteiger partial charge in [0.05, 0.1) is 18.1 Å². The summed E-state index contributed by atoms with van der Waals surface area (Å²) < 4.78 is 31.9. The van der Waals surface area contributed by atoms with Crippen molar-refractivity contribution >= 4 is 33.2 Å². The summed E-state index contributed by atoms with van der Waals surface area (Å²) in [6.07, 6.45) is 0.803. The highest BCUT2D eigenvalue weighted by atomic mass is 35.5. The van der Waals surface area contributed by atoms with Crippen LogP contribution in [-0.4, -0.2) is 44.9 Å². The average molecular weight is 421 g/mol. The molecule has 1 amide bonds. The second-order valence-electron chi connectivity index (χ2n) is 7.03. The van der Waals surface area contributed by atoms with Crippen LogP contribution in [0.3, 0.4) is 0 Å². The van der Waals surface area contributed by atoms with Gasteiger partial charge in [-0.3, -0.25) is 4.79 Å². The van der Waals surface area contributed by atoms with Crippen molar-refractivity contribution in [3.05, 3.63) is 59.1 Å². The van der Waals surface area contributed by atoms with Crippen molar-refractivity contribution < 1.29 is 17.9 Å². The first-order valence-corrected chi connectivity index (χ1v) is 11.0. The van der Waals surface area contributed by atoms with E-state index in [2.05, 4.69) is 5.32 Å². The number of anilines is 1. The van der Waals surface area contributed by atoms with Gasteiger partial charge in [-0.2, -0.15) is 4.31 Å². The number of ether oxygens (including phenoxy) is 1. The van der Waals surface area contributed by atoms with Crippen molar-refractivity contribution in [1.82, 2.24) is 4.31 Å². The van der Waals surface area contributed by atoms with Gasteiger partial charge in [0.2, 0.25) is 15.9 Å². The number of carbonyl (C=O) groups is 1. The molecule has 148 valence electrons. The molecule has 2 fully saturated rings. The second-order valence-corrected chi connectivity index (χ2v) is 9.40. The van der Waals surface area contributed by atoms with E-state index < -0.39 is 10.0 Å². The van der Waals surface area contributed by atoms with E-state index in [1.54, 1.807) is 12.1 Å². The molecule has 1 saturated heterocycles. The van der Waals surface area contributed by atoms with Crippen LogP contribution in [0.4, 0.5) is 5.69 Å². The van der Waals surface area contributed by atoms with Gasteiger partial charge in [0.15, 0.2) is 0 Å². The first-order chi connectivity index (χ1) is 13.4. The van der Waals surface area contributed by atoms with E-state index in [-0.39, 0.29) is 22.6 Å². The standard InChI is InChI=1S/C20H21ClN2O4S/c21-15-3-1-14(2-4-15)18-13-19(18)20(24)22-16-5-7-17(8-6-16)28(25,26)23-9-11-27-12-10-23/h1-8,18-19H,9-13H2,(H,22,24). The molecule has 6 nitrogen and oxygen atoms in total. The molecule has 0 aromatic heterocycles. The summed E-state index contributed by atoms with van der Waals surface area (Å²) in [6, 6.07) is 13.9. The Morgan fingerprint density at radius 2 is 1.68 bits per heavy atom. The predicted octanol–water partition coefficient (Wildman–Crippen LogP) is 3.10. The number of nitrogens with zero attached hydrogens (tertiary/aromatic N) is 1. The van der Waals surface area contributed by atoms with E-state index in [4.69, 9.17) is 16.3 Å². The second kappa shape index (κ2) is 7.83. The number of sulfonamides is 1. The van der Waals surface area contributed by atoms with Crippen LogP contribution in [0.25, 0.3) is 0 Å². The number of hydrogen-bond acceptors (Lipinski definition) is 4. The molecule has 0 radical (unpaired) electrons. The third-order valence-electron chi connectivity index (χ3n) is 5.16. The molecular weight excluding hydrogens is 400 g/mol. The van der Waals surface area contributed by atoms with Crippen LogP contribution < -0.4 is 5.32 Å². The van der Waals surface area contributed by atoms with Gasteiger partial charge in [0, 0.05) is 29.7 Å². The molecular formula is C20H21ClN2O4S. The molecule has 0 spiro atoms. The number of morpholine rings is 1. The van der Waals surface area contributed by atoms with E-state index in [1.165, 1.54) is 16.4 Å². The van der Waals surface area contributed by atoms with E-state index in [9.17, 15) is 13.2 Å². The quantitative estimate of drug-likeness (QED) is 0.806. The molecule has 2 aromatic rings. The van der Waals surface area contributed by atoms with Gasteiger partial charge in [-0.05, 0) is 54.3 Å². The molecule has 1 heterocycles. The predicted molar refractivity (Wildman–Crippen MR) is 107 cm³/mol. The van der Waals surface area contributed by atoms with Crippen LogP contribution in [0.1, 0.15) is 17.9 Å². The number of rotatable bonds is 5. The van der Waals surface area contributed by atoms with Crippen LogP contribution in [0, 0.1) is 5.92 Å². The molecule has 28 heavy (non-hydrogen) atoms. The Kier molecular flexibility index (Phi) is 5.42. The van der Waals surface area contributed by atoms with E-state index in [1.807, 2.05) is 24.3 Å². The molecule has 1 N–H and O–H groups in total. The minimum absolute atomic E-state index is 0.0521. The lowest BCUT2D eigenvalue weighted by atomic mass is 10.1. The Bertz CT molecular complexity index is 955. The highest BCUT2D eigenvalue weighted by Crippen LogP contribution is 2.48. The van der Waals surface area contributed by atoms with Gasteiger partial charge < -0.3 is 10.1 Å². The first-order valence-electron chi connectivity index (χ1n) is 9.19. The summed E-state index contributed by atoms with van der Waals surface area (Å²) in [5.74, 6) is 0.0832. The third-order valence-corrected chi connectivity index (χ3v) is 7.32. The summed E-state index contributed by atoms with van der Waals surface area (Å²) in [6.45, 7) is 1.52. The summed E-state index contributed by atoms with van der Waals surface area (Å²) in [5.41, 5.74) is 1.70. The normalized spacial score (nSPS) is 22.6. The van der Waals surface area contributed by atoms with Gasteiger partial charge in [-0.25, -0.2) is 8.42 Å². The Balaban J connectivity index is 1.38. The van der Waals surface area contributed by atoms with Crippen molar-refractivity contribution in [3.63, 3.8) is 0 Å². The molecule has 0 bridgehead atoms. The molecule has 2 unspecified atom stereocenters. The molecule has 2 atom stereocenters. The highest BCUT2D eigenvalue weighted by molar-refractivity contribution is 7.89. The lowest BCUT2D eigenvalue weighted by Gasteiger charge is -2.26. The van der Waals surface area contributed by atoms with Gasteiger partial charge >= 0.3 is 0 Å². The van der Waals surface area contributed by atoms with Gasteiger partial charge in [0.25, 0.3) is 0 Å². The molecule has 4 rings (SSSR count). The van der Waals surface area contributed by atoms with Crippen molar-refractivity contribution in [3.8, 4) is 0 Å². The summed E-state index contributed by atoms with van der Waals surface area (Å²) in [4.78, 5) is 12.7. The minimum atomic E-state index is -3.53. The van der Waals surface area contributed by atoms with Crippen LogP contribution in [0.5, 0.6) is 0 Å². The zero-order chi connectivity index (χ0) is 19.7. The fourth-order valence-corrected chi connectivity index (χ4v) is 4.98. The Labute approximate surface area is 169 Å². The van der Waals surface area contributed by atoms with Crippen molar-refractivity contribution in [2.24, 2.45) is 5.92 Å². The lowest BCUT2D eigenvalue weighted by Crippen LogP contribution is -2.40. The minimum Gasteiger partial charge on any atom is -0.379 e. The monoisotopic (exact) mass is 420 g/mol. The van der Waals surface area contributed by atoms with E-state index in [0.29, 0.717) is 37.0 Å². The maximum Gasteiger partial charge on any atom is 0.243 e. The molecule has 2 aliphatic rings. The Hall–Kier alpha value is -1.93. The number of halogens is 1. The molecule has 1 aliphatic heterocycles. The largest absolute Gasteiger partial charge is 0.379 e. The van der Waals surface area contributed by atoms with Crippen molar-refractivity contribution in [2.45, 2.75) is 17.2 Å². The molecule has 8 heteroatoms. The topological polar surface area (TPSA) is 75.7 Å². The Morgan fingerprint density at radius 3 is 2.32 bits per heavy atom. The van der Waals surface area contributed by atoms with Gasteiger partial charge in [0.1, 0.15) is 0 Å². The SMILES string of the molecule is O=C(Nc1ccc(S(=O)(=O)N2CCOCC2)cc1)C1CC1c1ccc(Cl)cc1. The highest BCUT2D eigenvalue weighted by Gasteiger charge is 2.43. The average Bonchev–Trinajstić information content (AvgIpc) is 3.51. The summed E-state index contributed by atoms with van der Waals surface area (Å²) >= 11 is 5.91. The molecule has 1 saturated carbocycles. The first kappa shape index (κ1) is 19.4. The van der Waals surface area contributed by atoms with Crippen LogP contribution in [0.15, 0.2) is 53.4 Å². The number of amides is 1. The van der Waals surface area contributed by atoms with E-state index in [0.717, 1.165) is 12.0 Å². The maximum atomic E-state index is 12.6. The third kappa shape index (κ3) is 4.07. The number of hydrogen-bond donors (Lipinski definition) is 1. The Morgan fingerprint density at radius 1 is 1.04 bits per heavy atom. The van der Waals surface area contributed by atoms with Crippen LogP contribution >= 0.6 is 11.6 Å². The fraction of sp³-hybridized carbons (Fsp3) is 0.350.